The van der Waals surface area contributed by atoms with Crippen LogP contribution in [0.2, 0.25) is 0 Å². The molecule has 0 amide bonds. The average Bonchev–Trinajstić information content (AvgIpc) is 2.33. The lowest BCUT2D eigenvalue weighted by Gasteiger charge is -2.27. The second-order valence-electron chi connectivity index (χ2n) is 4.41. The lowest BCUT2D eigenvalue weighted by Crippen LogP contribution is -2.31. The molecule has 0 saturated heterocycles. The van der Waals surface area contributed by atoms with Gasteiger partial charge in [-0.1, -0.05) is 13.8 Å². The monoisotopic (exact) mass is 263 g/mol. The van der Waals surface area contributed by atoms with Crippen LogP contribution in [0, 0.1) is 46.3 Å². The highest BCUT2D eigenvalue weighted by Gasteiger charge is 2.40. The highest BCUT2D eigenvalue weighted by molar-refractivity contribution is 5.36. The van der Waals surface area contributed by atoms with Crippen molar-refractivity contribution in [2.24, 2.45) is 5.92 Å². The molecule has 0 aromatic heterocycles. The Morgan fingerprint density at radius 1 is 0.889 bits per heavy atom. The van der Waals surface area contributed by atoms with Gasteiger partial charge in [-0.3, -0.25) is 0 Å². The molecule has 1 rings (SSSR count). The number of hydrogen-bond acceptors (Lipinski definition) is 1. The first kappa shape index (κ1) is 14.4. The molecular formula is C12H10F5N. The third-order valence-corrected chi connectivity index (χ3v) is 3.12. The molecule has 18 heavy (non-hydrogen) atoms. The highest BCUT2D eigenvalue weighted by Crippen LogP contribution is 2.37. The fourth-order valence-corrected chi connectivity index (χ4v) is 1.53. The van der Waals surface area contributed by atoms with Crippen molar-refractivity contribution < 1.29 is 22.0 Å². The Morgan fingerprint density at radius 2 is 1.22 bits per heavy atom. The van der Waals surface area contributed by atoms with Gasteiger partial charge >= 0.3 is 0 Å². The summed E-state index contributed by atoms with van der Waals surface area (Å²) in [5, 5.41) is 8.99. The summed E-state index contributed by atoms with van der Waals surface area (Å²) in [6.07, 6.45) is 0. The summed E-state index contributed by atoms with van der Waals surface area (Å²) in [5.41, 5.74) is -2.89. The zero-order valence-electron chi connectivity index (χ0n) is 9.91. The van der Waals surface area contributed by atoms with Crippen LogP contribution in [-0.4, -0.2) is 0 Å². The van der Waals surface area contributed by atoms with Crippen LogP contribution in [0.4, 0.5) is 22.0 Å². The highest BCUT2D eigenvalue weighted by atomic mass is 19.2. The maximum absolute atomic E-state index is 13.6. The predicted molar refractivity (Wildman–Crippen MR) is 54.0 cm³/mol. The Hall–Kier alpha value is -1.64. The minimum absolute atomic E-state index is 0.629. The molecule has 0 fully saturated rings. The van der Waals surface area contributed by atoms with Gasteiger partial charge < -0.3 is 0 Å². The maximum atomic E-state index is 13.6. The van der Waals surface area contributed by atoms with E-state index in [0.29, 0.717) is 0 Å². The molecule has 0 aliphatic heterocycles. The van der Waals surface area contributed by atoms with Gasteiger partial charge in [-0.05, 0) is 12.8 Å². The number of nitriles is 1. The quantitative estimate of drug-likeness (QED) is 0.452. The number of hydrogen-bond donors (Lipinski definition) is 0. The first-order chi connectivity index (χ1) is 8.18. The van der Waals surface area contributed by atoms with Crippen LogP contribution in [0.3, 0.4) is 0 Å². The SMILES string of the molecule is CC(C)C(C)(C#N)c1c(F)c(F)c(F)c(F)c1F. The molecule has 0 bridgehead atoms. The lowest BCUT2D eigenvalue weighted by atomic mass is 9.74. The van der Waals surface area contributed by atoms with Gasteiger partial charge in [0.15, 0.2) is 23.3 Å². The van der Waals surface area contributed by atoms with Crippen molar-refractivity contribution in [1.29, 1.82) is 5.26 Å². The van der Waals surface area contributed by atoms with E-state index in [4.69, 9.17) is 5.26 Å². The Labute approximate surface area is 101 Å². The van der Waals surface area contributed by atoms with Gasteiger partial charge in [0, 0.05) is 0 Å². The fourth-order valence-electron chi connectivity index (χ4n) is 1.53. The molecule has 1 aromatic rings. The van der Waals surface area contributed by atoms with Gasteiger partial charge in [0.1, 0.15) is 0 Å². The lowest BCUT2D eigenvalue weighted by molar-refractivity contribution is 0.332. The largest absolute Gasteiger partial charge is 0.203 e. The third-order valence-electron chi connectivity index (χ3n) is 3.12. The van der Waals surface area contributed by atoms with E-state index in [1.807, 2.05) is 0 Å². The first-order valence-electron chi connectivity index (χ1n) is 5.11. The van der Waals surface area contributed by atoms with E-state index in [1.165, 1.54) is 13.8 Å². The van der Waals surface area contributed by atoms with Crippen LogP contribution in [0.15, 0.2) is 0 Å². The topological polar surface area (TPSA) is 23.8 Å². The number of nitrogens with zero attached hydrogens (tertiary/aromatic N) is 1. The van der Waals surface area contributed by atoms with Crippen molar-refractivity contribution in [3.05, 3.63) is 34.6 Å². The molecule has 1 nitrogen and oxygen atoms in total. The Morgan fingerprint density at radius 3 is 1.50 bits per heavy atom. The standard InChI is InChI=1S/C12H10F5N/c1-5(2)12(3,4-18)6-7(13)9(15)11(17)10(16)8(6)14/h5H,1-3H3. The molecule has 1 aromatic carbocycles. The van der Waals surface area contributed by atoms with E-state index in [9.17, 15) is 22.0 Å². The van der Waals surface area contributed by atoms with Crippen LogP contribution in [-0.2, 0) is 5.41 Å². The molecular weight excluding hydrogens is 253 g/mol. The van der Waals surface area contributed by atoms with E-state index >= 15 is 0 Å². The minimum Gasteiger partial charge on any atom is -0.203 e. The summed E-state index contributed by atoms with van der Waals surface area (Å²) in [5.74, 6) is -10.8. The molecule has 0 spiro atoms. The zero-order chi connectivity index (χ0) is 14.2. The van der Waals surface area contributed by atoms with Crippen molar-refractivity contribution in [2.75, 3.05) is 0 Å². The summed E-state index contributed by atoms with van der Waals surface area (Å²) in [6, 6.07) is 1.61. The molecule has 1 unspecified atom stereocenters. The van der Waals surface area contributed by atoms with Gasteiger partial charge in [0.25, 0.3) is 0 Å². The van der Waals surface area contributed by atoms with Crippen LogP contribution >= 0.6 is 0 Å². The van der Waals surface area contributed by atoms with Crippen molar-refractivity contribution in [2.45, 2.75) is 26.2 Å². The minimum atomic E-state index is -2.22. The maximum Gasteiger partial charge on any atom is 0.200 e. The van der Waals surface area contributed by atoms with Crippen LogP contribution in [0.5, 0.6) is 0 Å². The average molecular weight is 263 g/mol. The molecule has 6 heteroatoms. The van der Waals surface area contributed by atoms with Crippen LogP contribution in [0.25, 0.3) is 0 Å². The van der Waals surface area contributed by atoms with E-state index in [-0.39, 0.29) is 0 Å². The van der Waals surface area contributed by atoms with Gasteiger partial charge in [0.05, 0.1) is 17.0 Å². The third kappa shape index (κ3) is 1.84. The van der Waals surface area contributed by atoms with E-state index in [1.54, 1.807) is 6.07 Å². The number of rotatable bonds is 2. The van der Waals surface area contributed by atoms with Gasteiger partial charge in [-0.25, -0.2) is 22.0 Å². The predicted octanol–water partition coefficient (Wildman–Crippen LogP) is 3.82. The van der Waals surface area contributed by atoms with Gasteiger partial charge in [-0.2, -0.15) is 5.26 Å². The van der Waals surface area contributed by atoms with E-state index in [2.05, 4.69) is 0 Å². The second kappa shape index (κ2) is 4.56. The summed E-state index contributed by atoms with van der Waals surface area (Å²) in [6.45, 7) is 4.05. The van der Waals surface area contributed by atoms with Crippen molar-refractivity contribution in [3.63, 3.8) is 0 Å². The van der Waals surface area contributed by atoms with Crippen molar-refractivity contribution in [3.8, 4) is 6.07 Å². The Bertz CT molecular complexity index is 503. The summed E-state index contributed by atoms with van der Waals surface area (Å²) in [4.78, 5) is 0. The van der Waals surface area contributed by atoms with Crippen LogP contribution < -0.4 is 0 Å². The summed E-state index contributed by atoms with van der Waals surface area (Å²) in [7, 11) is 0. The molecule has 0 N–H and O–H groups in total. The van der Waals surface area contributed by atoms with Gasteiger partial charge in [0.2, 0.25) is 5.82 Å². The molecule has 0 aliphatic carbocycles. The van der Waals surface area contributed by atoms with Crippen LogP contribution in [0.1, 0.15) is 26.3 Å². The molecule has 0 heterocycles. The number of benzene rings is 1. The van der Waals surface area contributed by atoms with Crippen molar-refractivity contribution >= 4 is 0 Å². The normalized spacial score (nSPS) is 14.4. The smallest absolute Gasteiger partial charge is 0.200 e. The fraction of sp³-hybridized carbons (Fsp3) is 0.417. The molecule has 0 radical (unpaired) electrons. The summed E-state index contributed by atoms with van der Waals surface area (Å²) >= 11 is 0. The Balaban J connectivity index is 3.77. The zero-order valence-corrected chi connectivity index (χ0v) is 9.91. The molecule has 0 saturated carbocycles. The number of halogens is 5. The van der Waals surface area contributed by atoms with E-state index in [0.717, 1.165) is 6.92 Å². The van der Waals surface area contributed by atoms with Gasteiger partial charge in [-0.15, -0.1) is 0 Å². The van der Waals surface area contributed by atoms with Crippen molar-refractivity contribution in [1.82, 2.24) is 0 Å². The second-order valence-corrected chi connectivity index (χ2v) is 4.41. The Kier molecular flexibility index (Phi) is 3.65. The molecule has 0 aliphatic rings. The summed E-state index contributed by atoms with van der Waals surface area (Å²) < 4.78 is 66.2. The first-order valence-corrected chi connectivity index (χ1v) is 5.11. The molecule has 98 valence electrons. The van der Waals surface area contributed by atoms with E-state index < -0.39 is 46.0 Å². The molecule has 1 atom stereocenters.